The van der Waals surface area contributed by atoms with E-state index in [9.17, 15) is 14.0 Å². The van der Waals surface area contributed by atoms with Gasteiger partial charge in [0.15, 0.2) is 0 Å². The summed E-state index contributed by atoms with van der Waals surface area (Å²) in [4.78, 5) is 30.9. The number of rotatable bonds is 16. The van der Waals surface area contributed by atoms with Gasteiger partial charge in [-0.1, -0.05) is 56.7 Å². The van der Waals surface area contributed by atoms with Crippen molar-refractivity contribution in [2.45, 2.75) is 59.3 Å². The maximum Gasteiger partial charge on any atom is 0.227 e. The molecule has 0 heterocycles. The molecule has 0 aromatic heterocycles. The van der Waals surface area contributed by atoms with Crippen molar-refractivity contribution in [1.29, 1.82) is 0 Å². The molecule has 41 heavy (non-hydrogen) atoms. The van der Waals surface area contributed by atoms with Crippen molar-refractivity contribution in [1.82, 2.24) is 0 Å². The third-order valence-corrected chi connectivity index (χ3v) is 6.87. The summed E-state index contributed by atoms with van der Waals surface area (Å²) in [6, 6.07) is 23.1. The number of hydrogen-bond donors (Lipinski definition) is 1. The second-order valence-electron chi connectivity index (χ2n) is 10.3. The molecule has 1 amide bonds. The molecule has 0 aliphatic rings. The van der Waals surface area contributed by atoms with Gasteiger partial charge in [0.25, 0.3) is 0 Å². The van der Waals surface area contributed by atoms with Gasteiger partial charge in [-0.2, -0.15) is 0 Å². The first-order chi connectivity index (χ1) is 19.9. The van der Waals surface area contributed by atoms with E-state index in [0.29, 0.717) is 23.6 Å². The van der Waals surface area contributed by atoms with Crippen molar-refractivity contribution in [3.8, 4) is 11.5 Å². The van der Waals surface area contributed by atoms with Crippen molar-refractivity contribution < 1.29 is 18.7 Å². The molecule has 0 bridgehead atoms. The number of amides is 1. The highest BCUT2D eigenvalue weighted by Crippen LogP contribution is 2.27. The summed E-state index contributed by atoms with van der Waals surface area (Å²) in [6.45, 7) is 6.90. The Hall–Kier alpha value is -4.06. The molecule has 0 fully saturated rings. The minimum atomic E-state index is -0.449. The number of Topliss-reactive ketones (excluding diaryl/α,β-unsaturated/α-hetero) is 1. The molecule has 5 nitrogen and oxygen atoms in total. The number of nitrogens with one attached hydrogen (secondary N) is 1. The summed E-state index contributed by atoms with van der Waals surface area (Å²) >= 11 is 0. The first-order valence-corrected chi connectivity index (χ1v) is 14.4. The lowest BCUT2D eigenvalue weighted by Gasteiger charge is -2.22. The lowest BCUT2D eigenvalue weighted by Crippen LogP contribution is -2.27. The van der Waals surface area contributed by atoms with E-state index in [2.05, 4.69) is 36.3 Å². The third-order valence-electron chi connectivity index (χ3n) is 6.87. The third kappa shape index (κ3) is 11.5. The predicted molar refractivity (Wildman–Crippen MR) is 165 cm³/mol. The molecule has 0 saturated carbocycles. The molecule has 2 atom stereocenters. The monoisotopic (exact) mass is 556 g/mol. The molecule has 0 aliphatic carbocycles. The van der Waals surface area contributed by atoms with Crippen LogP contribution in [0.25, 0.3) is 0 Å². The van der Waals surface area contributed by atoms with Crippen molar-refractivity contribution in [2.24, 2.45) is 16.8 Å². The van der Waals surface area contributed by atoms with E-state index in [1.807, 2.05) is 37.3 Å². The molecule has 0 unspecified atom stereocenters. The highest BCUT2D eigenvalue weighted by atomic mass is 19.1. The van der Waals surface area contributed by atoms with Crippen LogP contribution in [0.5, 0.6) is 11.5 Å². The van der Waals surface area contributed by atoms with Gasteiger partial charge in [0.2, 0.25) is 5.91 Å². The van der Waals surface area contributed by atoms with E-state index in [0.717, 1.165) is 31.5 Å². The van der Waals surface area contributed by atoms with Crippen LogP contribution in [0, 0.1) is 17.7 Å². The summed E-state index contributed by atoms with van der Waals surface area (Å²) in [7, 11) is 0. The Bertz CT molecular complexity index is 1290. The highest BCUT2D eigenvalue weighted by Gasteiger charge is 2.25. The van der Waals surface area contributed by atoms with Gasteiger partial charge in [-0.3, -0.25) is 14.6 Å². The van der Waals surface area contributed by atoms with E-state index < -0.39 is 5.92 Å². The second-order valence-corrected chi connectivity index (χ2v) is 10.3. The van der Waals surface area contributed by atoms with Gasteiger partial charge >= 0.3 is 0 Å². The van der Waals surface area contributed by atoms with Crippen LogP contribution in [0.4, 0.5) is 10.1 Å². The Morgan fingerprint density at radius 2 is 1.61 bits per heavy atom. The number of anilines is 1. The zero-order valence-corrected chi connectivity index (χ0v) is 24.3. The predicted octanol–water partition coefficient (Wildman–Crippen LogP) is 8.61. The highest BCUT2D eigenvalue weighted by molar-refractivity contribution is 5.96. The van der Waals surface area contributed by atoms with Crippen molar-refractivity contribution in [3.05, 3.63) is 102 Å². The number of benzene rings is 3. The van der Waals surface area contributed by atoms with Crippen molar-refractivity contribution >= 4 is 23.1 Å². The van der Waals surface area contributed by atoms with Gasteiger partial charge in [-0.15, -0.1) is 0 Å². The number of carbonyl (C=O) groups excluding carboxylic acids is 2. The quantitative estimate of drug-likeness (QED) is 0.180. The van der Waals surface area contributed by atoms with Crippen LogP contribution in [0.15, 0.2) is 96.0 Å². The zero-order chi connectivity index (χ0) is 29.5. The van der Waals surface area contributed by atoms with Crippen LogP contribution in [0.2, 0.25) is 0 Å². The minimum Gasteiger partial charge on any atom is -0.457 e. The van der Waals surface area contributed by atoms with Crippen LogP contribution in [-0.2, 0) is 16.0 Å². The lowest BCUT2D eigenvalue weighted by atomic mass is 9.84. The van der Waals surface area contributed by atoms with Gasteiger partial charge in [0.1, 0.15) is 23.1 Å². The molecule has 0 saturated heterocycles. The van der Waals surface area contributed by atoms with Gasteiger partial charge in [-0.05, 0) is 92.3 Å². The molecule has 1 N–H and O–H groups in total. The average molecular weight is 557 g/mol. The Morgan fingerprint density at radius 3 is 2.24 bits per heavy atom. The zero-order valence-electron chi connectivity index (χ0n) is 24.3. The van der Waals surface area contributed by atoms with E-state index in [4.69, 9.17) is 4.74 Å². The fourth-order valence-corrected chi connectivity index (χ4v) is 4.58. The number of carbonyl (C=O) groups is 2. The van der Waals surface area contributed by atoms with Gasteiger partial charge in [0, 0.05) is 36.7 Å². The number of allylic oxidation sites excluding steroid dienone is 2. The Labute approximate surface area is 243 Å². The van der Waals surface area contributed by atoms with Crippen LogP contribution in [0.1, 0.15) is 58.4 Å². The molecular weight excluding hydrogens is 515 g/mol. The standard InChI is InChI=1S/C35H41FN2O3/c1-4-22-37-26(3)10-9-13-32(39)25-29(24-27(5-2)23-28-11-7-6-8-12-28)35(40)38-31-16-20-34(21-17-31)41-33-18-14-30(36)15-19-33/h6-12,14-21,27,29H,4-5,13,22-25H2,1-3H3,(H,38,40)/b10-9+,37-26?/t27-,29-/m1/s1. The number of hydrogen-bond acceptors (Lipinski definition) is 4. The van der Waals surface area contributed by atoms with E-state index in [1.165, 1.54) is 17.7 Å². The summed E-state index contributed by atoms with van der Waals surface area (Å²) < 4.78 is 18.9. The summed E-state index contributed by atoms with van der Waals surface area (Å²) in [5.74, 6) is 0.445. The first kappa shape index (κ1) is 31.5. The molecule has 0 radical (unpaired) electrons. The van der Waals surface area contributed by atoms with E-state index in [1.54, 1.807) is 36.4 Å². The average Bonchev–Trinajstić information content (AvgIpc) is 2.98. The molecule has 6 heteroatoms. The van der Waals surface area contributed by atoms with Crippen LogP contribution >= 0.6 is 0 Å². The Kier molecular flexibility index (Phi) is 13.0. The lowest BCUT2D eigenvalue weighted by molar-refractivity contribution is -0.126. The summed E-state index contributed by atoms with van der Waals surface area (Å²) in [6.07, 6.45) is 7.54. The number of nitrogens with zero attached hydrogens (tertiary/aromatic N) is 1. The van der Waals surface area contributed by atoms with Crippen LogP contribution < -0.4 is 10.1 Å². The molecule has 0 spiro atoms. The topological polar surface area (TPSA) is 67.8 Å². The maximum absolute atomic E-state index is 13.5. The molecule has 3 aromatic rings. The van der Waals surface area contributed by atoms with Crippen molar-refractivity contribution in [3.63, 3.8) is 0 Å². The van der Waals surface area contributed by atoms with Crippen LogP contribution in [-0.4, -0.2) is 23.9 Å². The van der Waals surface area contributed by atoms with Crippen molar-refractivity contribution in [2.75, 3.05) is 11.9 Å². The van der Waals surface area contributed by atoms with Gasteiger partial charge < -0.3 is 10.1 Å². The molecule has 3 aromatic carbocycles. The molecule has 216 valence electrons. The van der Waals surface area contributed by atoms with E-state index in [-0.39, 0.29) is 36.3 Å². The SMILES string of the molecule is CCCN=C(C)/C=C/CC(=O)C[C@@H](C[C@H](CC)Cc1ccccc1)C(=O)Nc1ccc(Oc2ccc(F)cc2)cc1. The van der Waals surface area contributed by atoms with Gasteiger partial charge in [0.05, 0.1) is 0 Å². The fourth-order valence-electron chi connectivity index (χ4n) is 4.58. The Morgan fingerprint density at radius 1 is 0.951 bits per heavy atom. The smallest absolute Gasteiger partial charge is 0.227 e. The summed E-state index contributed by atoms with van der Waals surface area (Å²) in [5.41, 5.74) is 2.75. The van der Waals surface area contributed by atoms with Gasteiger partial charge in [-0.25, -0.2) is 4.39 Å². The molecule has 3 rings (SSSR count). The second kappa shape index (κ2) is 16.9. The number of halogens is 1. The minimum absolute atomic E-state index is 0.0299. The summed E-state index contributed by atoms with van der Waals surface area (Å²) in [5, 5.41) is 3.00. The fraction of sp³-hybridized carbons (Fsp3) is 0.343. The molecular formula is C35H41FN2O3. The number of ketones is 1. The molecule has 0 aliphatic heterocycles. The number of aliphatic imine (C=N–C) groups is 1. The normalized spacial score (nSPS) is 13.1. The first-order valence-electron chi connectivity index (χ1n) is 14.4. The Balaban J connectivity index is 1.67. The van der Waals surface area contributed by atoms with Crippen LogP contribution in [0.3, 0.4) is 0 Å². The maximum atomic E-state index is 13.5. The number of ether oxygens (including phenoxy) is 1. The largest absolute Gasteiger partial charge is 0.457 e. The van der Waals surface area contributed by atoms with E-state index >= 15 is 0 Å².